The number of carbonyl (C=O) groups is 1. The van der Waals surface area contributed by atoms with E-state index in [9.17, 15) is 4.79 Å². The van der Waals surface area contributed by atoms with Crippen molar-refractivity contribution in [2.75, 3.05) is 5.75 Å². The predicted molar refractivity (Wildman–Crippen MR) is 86.4 cm³/mol. The minimum atomic E-state index is 0.00436. The van der Waals surface area contributed by atoms with Crippen LogP contribution in [-0.4, -0.2) is 17.6 Å². The Labute approximate surface area is 133 Å². The Kier molecular flexibility index (Phi) is 5.76. The number of thioether (sulfide) groups is 1. The largest absolute Gasteiger partial charge is 0.490 e. The quantitative estimate of drug-likeness (QED) is 0.683. The van der Waals surface area contributed by atoms with Crippen molar-refractivity contribution in [3.8, 4) is 5.75 Å². The van der Waals surface area contributed by atoms with E-state index in [1.807, 2.05) is 26.0 Å². The molecule has 1 aromatic heterocycles. The van der Waals surface area contributed by atoms with Gasteiger partial charge >= 0.3 is 0 Å². The molecular weight excluding hydrogens is 308 g/mol. The highest BCUT2D eigenvalue weighted by Gasteiger charge is 2.14. The fourth-order valence-corrected chi connectivity index (χ4v) is 2.77. The van der Waals surface area contributed by atoms with E-state index < -0.39 is 0 Å². The highest BCUT2D eigenvalue weighted by Crippen LogP contribution is 2.26. The molecule has 0 unspecified atom stereocenters. The minimum absolute atomic E-state index is 0.00436. The van der Waals surface area contributed by atoms with Gasteiger partial charge in [-0.3, -0.25) is 4.79 Å². The Hall–Kier alpha value is -1.39. The summed E-state index contributed by atoms with van der Waals surface area (Å²) in [6.45, 7) is 3.85. The number of rotatable bonds is 7. The van der Waals surface area contributed by atoms with Gasteiger partial charge in [-0.15, -0.1) is 11.8 Å². The van der Waals surface area contributed by atoms with Gasteiger partial charge in [-0.25, -0.2) is 0 Å². The average molecular weight is 325 g/mol. The number of halogens is 1. The van der Waals surface area contributed by atoms with E-state index in [1.165, 1.54) is 11.8 Å². The van der Waals surface area contributed by atoms with Crippen molar-refractivity contribution >= 4 is 29.1 Å². The molecule has 21 heavy (non-hydrogen) atoms. The first-order valence-electron chi connectivity index (χ1n) is 6.66. The van der Waals surface area contributed by atoms with Gasteiger partial charge in [0.05, 0.1) is 29.4 Å². The van der Waals surface area contributed by atoms with Crippen molar-refractivity contribution in [1.82, 2.24) is 0 Å². The van der Waals surface area contributed by atoms with E-state index in [4.69, 9.17) is 20.8 Å². The third-order valence-electron chi connectivity index (χ3n) is 2.66. The molecule has 0 saturated carbocycles. The monoisotopic (exact) mass is 324 g/mol. The van der Waals surface area contributed by atoms with Gasteiger partial charge in [-0.1, -0.05) is 11.6 Å². The Morgan fingerprint density at radius 2 is 2.19 bits per heavy atom. The molecule has 0 N–H and O–H groups in total. The summed E-state index contributed by atoms with van der Waals surface area (Å²) in [6.07, 6.45) is 1.64. The Balaban J connectivity index is 2.01. The van der Waals surface area contributed by atoms with E-state index in [-0.39, 0.29) is 11.9 Å². The number of ketones is 1. The molecule has 0 fully saturated rings. The van der Waals surface area contributed by atoms with Gasteiger partial charge in [0, 0.05) is 5.02 Å². The van der Waals surface area contributed by atoms with Crippen LogP contribution in [0.3, 0.4) is 0 Å². The molecule has 2 rings (SSSR count). The van der Waals surface area contributed by atoms with Crippen LogP contribution in [0.15, 0.2) is 41.0 Å². The highest BCUT2D eigenvalue weighted by molar-refractivity contribution is 7.99. The predicted octanol–water partition coefficient (Wildman–Crippen LogP) is 4.84. The van der Waals surface area contributed by atoms with E-state index in [0.717, 1.165) is 5.76 Å². The summed E-state index contributed by atoms with van der Waals surface area (Å²) in [5.74, 6) is 2.47. The van der Waals surface area contributed by atoms with Crippen molar-refractivity contribution in [3.63, 3.8) is 0 Å². The lowest BCUT2D eigenvalue weighted by molar-refractivity contribution is 0.101. The fourth-order valence-electron chi connectivity index (χ4n) is 1.79. The van der Waals surface area contributed by atoms with Gasteiger partial charge in [0.1, 0.15) is 11.5 Å². The maximum atomic E-state index is 12.3. The third-order valence-corrected chi connectivity index (χ3v) is 3.85. The fraction of sp³-hybridized carbons (Fsp3) is 0.312. The van der Waals surface area contributed by atoms with Gasteiger partial charge in [-0.2, -0.15) is 0 Å². The summed E-state index contributed by atoms with van der Waals surface area (Å²) in [6, 6.07) is 8.86. The van der Waals surface area contributed by atoms with Gasteiger partial charge in [-0.05, 0) is 44.2 Å². The number of carbonyl (C=O) groups excluding carboxylic acids is 1. The lowest BCUT2D eigenvalue weighted by atomic mass is 10.1. The summed E-state index contributed by atoms with van der Waals surface area (Å²) in [7, 11) is 0. The smallest absolute Gasteiger partial charge is 0.176 e. The molecule has 1 aromatic carbocycles. The summed E-state index contributed by atoms with van der Waals surface area (Å²) < 4.78 is 10.9. The first-order chi connectivity index (χ1) is 10.1. The van der Waals surface area contributed by atoms with Crippen LogP contribution in [0, 0.1) is 0 Å². The lowest BCUT2D eigenvalue weighted by Crippen LogP contribution is -2.11. The van der Waals surface area contributed by atoms with Gasteiger partial charge < -0.3 is 9.15 Å². The minimum Gasteiger partial charge on any atom is -0.490 e. The maximum absolute atomic E-state index is 12.3. The Morgan fingerprint density at radius 1 is 1.38 bits per heavy atom. The molecule has 0 bridgehead atoms. The van der Waals surface area contributed by atoms with Crippen molar-refractivity contribution in [2.45, 2.75) is 25.7 Å². The van der Waals surface area contributed by atoms with Crippen LogP contribution < -0.4 is 4.74 Å². The number of furan rings is 1. The standard InChI is InChI=1S/C16H17ClO3S/c1-11(2)20-16-6-5-12(17)8-14(16)15(18)10-21-9-13-4-3-7-19-13/h3-8,11H,9-10H2,1-2H3. The third kappa shape index (κ3) is 4.83. The van der Waals surface area contributed by atoms with Crippen LogP contribution in [0.5, 0.6) is 5.75 Å². The molecule has 0 aliphatic heterocycles. The molecule has 0 aliphatic carbocycles. The average Bonchev–Trinajstić information content (AvgIpc) is 2.93. The zero-order valence-corrected chi connectivity index (χ0v) is 13.5. The van der Waals surface area contributed by atoms with Gasteiger partial charge in [0.25, 0.3) is 0 Å². The molecule has 5 heteroatoms. The van der Waals surface area contributed by atoms with Crippen molar-refractivity contribution < 1.29 is 13.9 Å². The molecule has 1 heterocycles. The molecule has 0 radical (unpaired) electrons. The first kappa shape index (κ1) is 16.0. The molecule has 0 spiro atoms. The van der Waals surface area contributed by atoms with Crippen LogP contribution in [-0.2, 0) is 5.75 Å². The summed E-state index contributed by atoms with van der Waals surface area (Å²) in [5.41, 5.74) is 0.531. The molecule has 0 amide bonds. The van der Waals surface area contributed by atoms with E-state index in [2.05, 4.69) is 0 Å². The highest BCUT2D eigenvalue weighted by atomic mass is 35.5. The molecule has 0 aliphatic rings. The zero-order valence-electron chi connectivity index (χ0n) is 12.0. The summed E-state index contributed by atoms with van der Waals surface area (Å²) in [4.78, 5) is 12.3. The lowest BCUT2D eigenvalue weighted by Gasteiger charge is -2.13. The summed E-state index contributed by atoms with van der Waals surface area (Å²) >= 11 is 7.49. The van der Waals surface area contributed by atoms with E-state index >= 15 is 0 Å². The Bertz CT molecular complexity index is 594. The van der Waals surface area contributed by atoms with Crippen LogP contribution in [0.2, 0.25) is 5.02 Å². The number of hydrogen-bond acceptors (Lipinski definition) is 4. The van der Waals surface area contributed by atoms with Crippen molar-refractivity contribution in [3.05, 3.63) is 52.9 Å². The van der Waals surface area contributed by atoms with Crippen molar-refractivity contribution in [1.29, 1.82) is 0 Å². The molecule has 0 atom stereocenters. The Morgan fingerprint density at radius 3 is 2.86 bits per heavy atom. The molecule has 112 valence electrons. The van der Waals surface area contributed by atoms with Crippen LogP contribution in [0.1, 0.15) is 30.0 Å². The SMILES string of the molecule is CC(C)Oc1ccc(Cl)cc1C(=O)CSCc1ccco1. The second-order valence-electron chi connectivity index (χ2n) is 4.80. The normalized spacial score (nSPS) is 10.9. The zero-order chi connectivity index (χ0) is 15.2. The first-order valence-corrected chi connectivity index (χ1v) is 8.19. The maximum Gasteiger partial charge on any atom is 0.176 e. The number of ether oxygens (including phenoxy) is 1. The molecule has 3 nitrogen and oxygen atoms in total. The molecular formula is C16H17ClO3S. The van der Waals surface area contributed by atoms with Crippen LogP contribution in [0.4, 0.5) is 0 Å². The topological polar surface area (TPSA) is 39.4 Å². The number of hydrogen-bond donors (Lipinski definition) is 0. The van der Waals surface area contributed by atoms with E-state index in [0.29, 0.717) is 27.8 Å². The molecule has 0 saturated heterocycles. The number of benzene rings is 1. The van der Waals surface area contributed by atoms with Gasteiger partial charge in [0.2, 0.25) is 0 Å². The van der Waals surface area contributed by atoms with Crippen LogP contribution >= 0.6 is 23.4 Å². The van der Waals surface area contributed by atoms with Gasteiger partial charge in [0.15, 0.2) is 5.78 Å². The number of Topliss-reactive ketones (excluding diaryl/α,β-unsaturated/α-hetero) is 1. The second kappa shape index (κ2) is 7.57. The van der Waals surface area contributed by atoms with Crippen LogP contribution in [0.25, 0.3) is 0 Å². The van der Waals surface area contributed by atoms with Crippen molar-refractivity contribution in [2.24, 2.45) is 0 Å². The molecule has 2 aromatic rings. The van der Waals surface area contributed by atoms with E-state index in [1.54, 1.807) is 24.5 Å². The summed E-state index contributed by atoms with van der Waals surface area (Å²) in [5, 5.41) is 0.533. The second-order valence-corrected chi connectivity index (χ2v) is 6.22.